The van der Waals surface area contributed by atoms with E-state index >= 15 is 0 Å². The van der Waals surface area contributed by atoms with E-state index in [0.29, 0.717) is 4.32 Å². The summed E-state index contributed by atoms with van der Waals surface area (Å²) in [6.07, 6.45) is 0. The van der Waals surface area contributed by atoms with Crippen LogP contribution in [0.25, 0.3) is 0 Å². The molecular weight excluding hydrogens is 251 g/mol. The van der Waals surface area contributed by atoms with Crippen LogP contribution in [0.15, 0.2) is 0 Å². The van der Waals surface area contributed by atoms with Crippen molar-refractivity contribution in [1.82, 2.24) is 9.80 Å². The average Bonchev–Trinajstić information content (AvgIpc) is 2.04. The van der Waals surface area contributed by atoms with Gasteiger partial charge in [0.15, 0.2) is 10.7 Å². The Labute approximate surface area is 119 Å². The second-order valence-corrected chi connectivity index (χ2v) is 4.92. The first-order chi connectivity index (χ1) is 6.09. The van der Waals surface area contributed by atoms with Gasteiger partial charge in [0, 0.05) is 26.2 Å². The van der Waals surface area contributed by atoms with Crippen molar-refractivity contribution < 1.29 is 8.42 Å². The van der Waals surface area contributed by atoms with E-state index in [4.69, 9.17) is 12.2 Å². The zero-order chi connectivity index (χ0) is 9.84. The van der Waals surface area contributed by atoms with Gasteiger partial charge in [-0.15, -0.1) is 12.6 Å². The molecule has 0 amide bonds. The summed E-state index contributed by atoms with van der Waals surface area (Å²) in [6, 6.07) is 0. The van der Waals surface area contributed by atoms with Crippen molar-refractivity contribution in [1.29, 1.82) is 0 Å². The van der Waals surface area contributed by atoms with Gasteiger partial charge in [-0.2, -0.15) is 0 Å². The molecule has 8 heteroatoms. The molecule has 14 heavy (non-hydrogen) atoms. The molecule has 1 aliphatic heterocycles. The third-order valence-corrected chi connectivity index (χ3v) is 3.13. The van der Waals surface area contributed by atoms with E-state index in [0.717, 1.165) is 26.2 Å². The van der Waals surface area contributed by atoms with Crippen LogP contribution in [-0.2, 0) is 10.7 Å². The maximum absolute atomic E-state index is 10.4. The molecular formula is C6H13N2NaO2S3. The molecule has 4 nitrogen and oxygen atoms in total. The fourth-order valence-electron chi connectivity index (χ4n) is 1.24. The number of hydrogen-bond donors (Lipinski definition) is 2. The van der Waals surface area contributed by atoms with Crippen LogP contribution in [0.1, 0.15) is 0 Å². The van der Waals surface area contributed by atoms with Crippen LogP contribution in [0.2, 0.25) is 0 Å². The Bertz CT molecular complexity index is 256. The molecule has 1 rings (SSSR count). The predicted octanol–water partition coefficient (Wildman–Crippen LogP) is -1.26. The zero-order valence-electron chi connectivity index (χ0n) is 7.05. The Morgan fingerprint density at radius 1 is 1.29 bits per heavy atom. The van der Waals surface area contributed by atoms with Gasteiger partial charge in [0.25, 0.3) is 0 Å². The first-order valence-electron chi connectivity index (χ1n) is 3.91. The second-order valence-electron chi connectivity index (χ2n) is 2.86. The van der Waals surface area contributed by atoms with Crippen LogP contribution in [0.5, 0.6) is 0 Å². The molecule has 0 atom stereocenters. The summed E-state index contributed by atoms with van der Waals surface area (Å²) >= 11 is 8.95. The van der Waals surface area contributed by atoms with Gasteiger partial charge in [-0.1, -0.05) is 12.2 Å². The van der Waals surface area contributed by atoms with Crippen LogP contribution in [0.3, 0.4) is 0 Å². The molecule has 0 aromatic heterocycles. The quantitative estimate of drug-likeness (QED) is 0.370. The third-order valence-electron chi connectivity index (χ3n) is 1.96. The van der Waals surface area contributed by atoms with Crippen molar-refractivity contribution in [2.75, 3.05) is 32.1 Å². The van der Waals surface area contributed by atoms with Crippen LogP contribution in [-0.4, -0.2) is 84.2 Å². The number of hydrogen-bond acceptors (Lipinski definition) is 4. The molecule has 0 aliphatic carbocycles. The van der Waals surface area contributed by atoms with E-state index < -0.39 is 10.7 Å². The van der Waals surface area contributed by atoms with Gasteiger partial charge >= 0.3 is 29.6 Å². The molecule has 78 valence electrons. The minimum atomic E-state index is -2.30. The summed E-state index contributed by atoms with van der Waals surface area (Å²) in [5.41, 5.74) is 0. The monoisotopic (exact) mass is 264 g/mol. The first kappa shape index (κ1) is 15.2. The predicted molar refractivity (Wildman–Crippen MR) is 67.1 cm³/mol. The van der Waals surface area contributed by atoms with Crippen molar-refractivity contribution in [3.05, 3.63) is 0 Å². The van der Waals surface area contributed by atoms with Gasteiger partial charge in [0.2, 0.25) is 0 Å². The molecule has 1 fully saturated rings. The van der Waals surface area contributed by atoms with Crippen LogP contribution in [0, 0.1) is 0 Å². The Balaban J connectivity index is 0.00000169. The molecule has 0 aromatic rings. The molecule has 0 bridgehead atoms. The van der Waals surface area contributed by atoms with Gasteiger partial charge < -0.3 is 4.90 Å². The number of thiol groups is 2. The van der Waals surface area contributed by atoms with Crippen molar-refractivity contribution in [2.45, 2.75) is 0 Å². The fraction of sp³-hybridized carbons (Fsp3) is 0.833. The molecule has 1 heterocycles. The summed E-state index contributed by atoms with van der Waals surface area (Å²) in [6.45, 7) is 3.02. The standard InChI is InChI=1S/C6H12N2O2S3.Na.H/c9-13(10)5-7-1-3-8(4-2-7)6(11)12;;/h13H,1-5H2,(H,11,12);;. The summed E-state index contributed by atoms with van der Waals surface area (Å²) in [5, 5.41) is 0. The minimum absolute atomic E-state index is 0. The van der Waals surface area contributed by atoms with E-state index in [1.807, 2.05) is 9.80 Å². The number of piperazine rings is 1. The summed E-state index contributed by atoms with van der Waals surface area (Å²) in [7, 11) is -2.30. The summed E-state index contributed by atoms with van der Waals surface area (Å²) < 4.78 is 21.4. The first-order valence-corrected chi connectivity index (χ1v) is 6.13. The van der Waals surface area contributed by atoms with Crippen LogP contribution >= 0.6 is 24.8 Å². The Hall–Kier alpha value is 1.15. The van der Waals surface area contributed by atoms with Gasteiger partial charge in [0.1, 0.15) is 4.32 Å². The van der Waals surface area contributed by atoms with Crippen molar-refractivity contribution in [2.24, 2.45) is 0 Å². The summed E-state index contributed by atoms with van der Waals surface area (Å²) in [5.74, 6) is 0.155. The van der Waals surface area contributed by atoms with Gasteiger partial charge in [-0.25, -0.2) is 8.42 Å². The molecule has 0 unspecified atom stereocenters. The van der Waals surface area contributed by atoms with E-state index in [9.17, 15) is 8.42 Å². The second kappa shape index (κ2) is 7.43. The number of nitrogens with zero attached hydrogens (tertiary/aromatic N) is 2. The molecule has 0 spiro atoms. The molecule has 0 radical (unpaired) electrons. The third kappa shape index (κ3) is 5.29. The van der Waals surface area contributed by atoms with Crippen molar-refractivity contribution >= 4 is 69.4 Å². The Kier molecular flexibility index (Phi) is 8.04. The molecule has 1 aliphatic rings. The van der Waals surface area contributed by atoms with E-state index in [1.165, 1.54) is 0 Å². The fourth-order valence-corrected chi connectivity index (χ4v) is 2.24. The van der Waals surface area contributed by atoms with Crippen molar-refractivity contribution in [3.63, 3.8) is 0 Å². The average molecular weight is 264 g/mol. The maximum atomic E-state index is 10.4. The molecule has 0 N–H and O–H groups in total. The topological polar surface area (TPSA) is 40.6 Å². The van der Waals surface area contributed by atoms with Crippen LogP contribution in [0.4, 0.5) is 0 Å². The Morgan fingerprint density at radius 3 is 2.14 bits per heavy atom. The SMILES string of the molecule is O=[SH](=O)CN1CCN(C(=S)S)CC1.[NaH]. The van der Waals surface area contributed by atoms with Gasteiger partial charge in [-0.3, -0.25) is 4.90 Å². The van der Waals surface area contributed by atoms with Gasteiger partial charge in [0.05, 0.1) is 5.88 Å². The van der Waals surface area contributed by atoms with E-state index in [-0.39, 0.29) is 35.4 Å². The number of rotatable bonds is 2. The molecule has 1 saturated heterocycles. The van der Waals surface area contributed by atoms with E-state index in [1.54, 1.807) is 0 Å². The number of thiocarbonyl (C=S) groups is 1. The summed E-state index contributed by atoms with van der Waals surface area (Å²) in [4.78, 5) is 3.86. The van der Waals surface area contributed by atoms with Gasteiger partial charge in [-0.05, 0) is 0 Å². The van der Waals surface area contributed by atoms with E-state index in [2.05, 4.69) is 12.6 Å². The molecule has 0 aromatic carbocycles. The van der Waals surface area contributed by atoms with Crippen LogP contribution < -0.4 is 0 Å². The van der Waals surface area contributed by atoms with Crippen molar-refractivity contribution in [3.8, 4) is 0 Å². The Morgan fingerprint density at radius 2 is 1.79 bits per heavy atom. The molecule has 0 saturated carbocycles. The zero-order valence-corrected chi connectivity index (χ0v) is 9.65. The normalized spacial score (nSPS) is 18.0.